The van der Waals surface area contributed by atoms with Crippen molar-refractivity contribution in [1.82, 2.24) is 19.8 Å². The Morgan fingerprint density at radius 2 is 1.76 bits per heavy atom. The molecule has 41 heavy (non-hydrogen) atoms. The molecule has 3 aliphatic rings. The van der Waals surface area contributed by atoms with Crippen molar-refractivity contribution in [2.75, 3.05) is 63.2 Å². The van der Waals surface area contributed by atoms with E-state index in [-0.39, 0.29) is 6.04 Å². The lowest BCUT2D eigenvalue weighted by Crippen LogP contribution is -2.55. The largest absolute Gasteiger partial charge is 0.467 e. The minimum absolute atomic E-state index is 0.198. The maximum atomic E-state index is 9.43. The Balaban J connectivity index is 0.000000500. The fourth-order valence-electron chi connectivity index (χ4n) is 6.62. The number of ether oxygens (including phenoxy) is 1. The lowest BCUT2D eigenvalue weighted by atomic mass is 9.99. The van der Waals surface area contributed by atoms with Crippen LogP contribution in [-0.2, 0) is 13.0 Å². The second kappa shape index (κ2) is 13.1. The Bertz CT molecular complexity index is 1370. The van der Waals surface area contributed by atoms with Gasteiger partial charge in [0.25, 0.3) is 0 Å². The molecule has 0 unspecified atom stereocenters. The molecule has 8 heteroatoms. The third-order valence-electron chi connectivity index (χ3n) is 8.78. The van der Waals surface area contributed by atoms with E-state index in [1.165, 1.54) is 53.5 Å². The van der Waals surface area contributed by atoms with Crippen molar-refractivity contribution in [3.63, 3.8) is 0 Å². The fourth-order valence-corrected chi connectivity index (χ4v) is 6.62. The third kappa shape index (κ3) is 6.42. The van der Waals surface area contributed by atoms with Crippen LogP contribution in [0.4, 0.5) is 11.5 Å². The Labute approximate surface area is 245 Å². The van der Waals surface area contributed by atoms with Gasteiger partial charge < -0.3 is 19.4 Å². The van der Waals surface area contributed by atoms with Gasteiger partial charge in [0.05, 0.1) is 31.8 Å². The second-order valence-electron chi connectivity index (χ2n) is 11.9. The first kappa shape index (κ1) is 29.1. The Hall–Kier alpha value is -3.41. The fraction of sp³-hybridized carbons (Fsp3) is 0.545. The van der Waals surface area contributed by atoms with E-state index >= 15 is 0 Å². The van der Waals surface area contributed by atoms with E-state index < -0.39 is 0 Å². The molecule has 3 aromatic rings. The summed E-state index contributed by atoms with van der Waals surface area (Å²) < 4.78 is 5.55. The monoisotopic (exact) mass is 555 g/mol. The number of aromatic nitrogens is 2. The van der Waals surface area contributed by atoms with Crippen molar-refractivity contribution >= 4 is 22.3 Å². The van der Waals surface area contributed by atoms with Gasteiger partial charge in [-0.15, -0.1) is 0 Å². The number of hydrogen-bond donors (Lipinski definition) is 0. The van der Waals surface area contributed by atoms with Crippen LogP contribution in [0, 0.1) is 18.3 Å². The van der Waals surface area contributed by atoms with Crippen LogP contribution in [0.15, 0.2) is 36.4 Å². The van der Waals surface area contributed by atoms with E-state index in [9.17, 15) is 5.26 Å². The number of aryl methyl sites for hydroxylation is 1. The molecule has 0 saturated carbocycles. The standard InChI is InChI=1S/C28H34N6O.C5H11N/c1-19(2)34-16-15-33(17-22(34)11-13-29)27-23-12-14-32(18-24(23)30-28(31-27)35-4)25-10-6-9-21-8-5-7-20(3)26(21)25;1-6-4-2-3-5-6/h5-10,19,22H,11-12,14-18H2,1-4H3;2-5H2,1H3/t22-;/m1./s1. The van der Waals surface area contributed by atoms with Gasteiger partial charge in [-0.2, -0.15) is 15.2 Å². The molecule has 3 aliphatic heterocycles. The number of nitriles is 1. The lowest BCUT2D eigenvalue weighted by Gasteiger charge is -2.44. The summed E-state index contributed by atoms with van der Waals surface area (Å²) in [5.74, 6) is 0.979. The third-order valence-corrected chi connectivity index (χ3v) is 8.78. The van der Waals surface area contributed by atoms with Gasteiger partial charge >= 0.3 is 6.01 Å². The van der Waals surface area contributed by atoms with E-state index in [0.29, 0.717) is 18.5 Å². The first-order valence-corrected chi connectivity index (χ1v) is 15.1. The van der Waals surface area contributed by atoms with Crippen molar-refractivity contribution < 1.29 is 4.74 Å². The first-order chi connectivity index (χ1) is 19.9. The molecule has 2 aromatic carbocycles. The van der Waals surface area contributed by atoms with Gasteiger partial charge in [0.1, 0.15) is 5.82 Å². The van der Waals surface area contributed by atoms with Crippen LogP contribution in [0.3, 0.4) is 0 Å². The van der Waals surface area contributed by atoms with Crippen LogP contribution in [-0.4, -0.2) is 85.3 Å². The van der Waals surface area contributed by atoms with Crippen molar-refractivity contribution in [3.8, 4) is 12.1 Å². The first-order valence-electron chi connectivity index (χ1n) is 15.1. The summed E-state index contributed by atoms with van der Waals surface area (Å²) in [6.07, 6.45) is 4.23. The van der Waals surface area contributed by atoms with Gasteiger partial charge in [-0.05, 0) is 77.2 Å². The maximum absolute atomic E-state index is 9.43. The number of fused-ring (bicyclic) bond motifs is 2. The van der Waals surface area contributed by atoms with Crippen molar-refractivity contribution in [2.24, 2.45) is 0 Å². The van der Waals surface area contributed by atoms with Crippen molar-refractivity contribution in [2.45, 2.75) is 65.1 Å². The summed E-state index contributed by atoms with van der Waals surface area (Å²) >= 11 is 0. The molecule has 4 heterocycles. The maximum Gasteiger partial charge on any atom is 0.318 e. The number of piperazine rings is 1. The van der Waals surface area contributed by atoms with E-state index in [2.05, 4.69) is 89.9 Å². The topological polar surface area (TPSA) is 71.8 Å². The zero-order valence-corrected chi connectivity index (χ0v) is 25.4. The predicted octanol–water partition coefficient (Wildman–Crippen LogP) is 5.03. The summed E-state index contributed by atoms with van der Waals surface area (Å²) in [6, 6.07) is 16.4. The highest BCUT2D eigenvalue weighted by Crippen LogP contribution is 2.36. The number of nitrogens with zero attached hydrogens (tertiary/aromatic N) is 7. The number of benzene rings is 2. The van der Waals surface area contributed by atoms with Crippen LogP contribution in [0.25, 0.3) is 10.8 Å². The smallest absolute Gasteiger partial charge is 0.318 e. The normalized spacial score (nSPS) is 19.6. The molecule has 0 radical (unpaired) electrons. The number of rotatable bonds is 5. The molecule has 8 nitrogen and oxygen atoms in total. The van der Waals surface area contributed by atoms with Gasteiger partial charge in [0, 0.05) is 54.9 Å². The molecule has 1 atom stereocenters. The van der Waals surface area contributed by atoms with Crippen molar-refractivity contribution in [1.29, 1.82) is 5.26 Å². The summed E-state index contributed by atoms with van der Waals surface area (Å²) in [5, 5.41) is 12.0. The van der Waals surface area contributed by atoms with Crippen LogP contribution >= 0.6 is 0 Å². The average molecular weight is 556 g/mol. The minimum atomic E-state index is 0.198. The number of likely N-dealkylation sites (tertiary alicyclic amines) is 1. The van der Waals surface area contributed by atoms with E-state index in [1.54, 1.807) is 7.11 Å². The van der Waals surface area contributed by atoms with E-state index in [4.69, 9.17) is 14.7 Å². The highest BCUT2D eigenvalue weighted by atomic mass is 16.5. The molecular formula is C33H45N7O. The van der Waals surface area contributed by atoms with Crippen LogP contribution in [0.5, 0.6) is 6.01 Å². The number of methoxy groups -OCH3 is 1. The quantitative estimate of drug-likeness (QED) is 0.434. The molecule has 1 aromatic heterocycles. The van der Waals surface area contributed by atoms with Crippen molar-refractivity contribution in [3.05, 3.63) is 53.2 Å². The summed E-state index contributed by atoms with van der Waals surface area (Å²) in [4.78, 5) is 19.2. The molecule has 218 valence electrons. The van der Waals surface area contributed by atoms with Gasteiger partial charge in [-0.3, -0.25) is 4.90 Å². The molecule has 0 aliphatic carbocycles. The van der Waals surface area contributed by atoms with Gasteiger partial charge in [0.15, 0.2) is 0 Å². The Morgan fingerprint density at radius 3 is 2.41 bits per heavy atom. The summed E-state index contributed by atoms with van der Waals surface area (Å²) in [5.41, 5.74) is 4.79. The molecule has 0 N–H and O–H groups in total. The Kier molecular flexibility index (Phi) is 9.26. The summed E-state index contributed by atoms with van der Waals surface area (Å²) in [7, 11) is 3.81. The second-order valence-corrected chi connectivity index (χ2v) is 11.9. The lowest BCUT2D eigenvalue weighted by molar-refractivity contribution is 0.138. The highest BCUT2D eigenvalue weighted by molar-refractivity contribution is 5.97. The SMILES string of the molecule is CN1CCCC1.COc1nc2c(c(N3CCN(C(C)C)[C@H](CC#N)C3)n1)CCN(c1cccc3cccc(C)c13)C2. The molecule has 6 rings (SSSR count). The molecule has 0 amide bonds. The van der Waals surface area contributed by atoms with E-state index in [1.807, 2.05) is 0 Å². The number of anilines is 2. The molecule has 2 saturated heterocycles. The van der Waals surface area contributed by atoms with Crippen LogP contribution in [0.1, 0.15) is 49.9 Å². The molecule has 2 fully saturated rings. The van der Waals surface area contributed by atoms with E-state index in [0.717, 1.165) is 50.7 Å². The zero-order valence-electron chi connectivity index (χ0n) is 25.4. The number of hydrogen-bond acceptors (Lipinski definition) is 8. The van der Waals surface area contributed by atoms with Gasteiger partial charge in [0.2, 0.25) is 0 Å². The summed E-state index contributed by atoms with van der Waals surface area (Å²) in [6.45, 7) is 13.5. The van der Waals surface area contributed by atoms with Crippen LogP contribution < -0.4 is 14.5 Å². The minimum Gasteiger partial charge on any atom is -0.467 e. The molecule has 0 spiro atoms. The highest BCUT2D eigenvalue weighted by Gasteiger charge is 2.32. The molecule has 0 bridgehead atoms. The molecular weight excluding hydrogens is 510 g/mol. The predicted molar refractivity (Wildman–Crippen MR) is 167 cm³/mol. The average Bonchev–Trinajstić information content (AvgIpc) is 3.47. The van der Waals surface area contributed by atoms with Crippen LogP contribution in [0.2, 0.25) is 0 Å². The van der Waals surface area contributed by atoms with Gasteiger partial charge in [-0.25, -0.2) is 0 Å². The van der Waals surface area contributed by atoms with Gasteiger partial charge in [-0.1, -0.05) is 30.3 Å². The Morgan fingerprint density at radius 1 is 1.00 bits per heavy atom. The zero-order chi connectivity index (χ0) is 28.9.